The van der Waals surface area contributed by atoms with Gasteiger partial charge in [-0.15, -0.1) is 0 Å². The summed E-state index contributed by atoms with van der Waals surface area (Å²) in [6.45, 7) is 1.90. The van der Waals surface area contributed by atoms with Crippen LogP contribution in [0.5, 0.6) is 0 Å². The minimum Gasteiger partial charge on any atom is -0.445 e. The Bertz CT molecular complexity index is 649. The molecule has 0 aromatic heterocycles. The Morgan fingerprint density at radius 1 is 1.23 bits per heavy atom. The second kappa shape index (κ2) is 7.53. The third-order valence-electron chi connectivity index (χ3n) is 4.32. The number of carbonyl (C=O) groups is 2. The van der Waals surface area contributed by atoms with E-state index in [0.717, 1.165) is 10.5 Å². The fraction of sp³-hybridized carbons (Fsp3) is 0.529. The summed E-state index contributed by atoms with van der Waals surface area (Å²) in [5, 5.41) is 9.52. The van der Waals surface area contributed by atoms with Gasteiger partial charge in [-0.1, -0.05) is 30.3 Å². The highest BCUT2D eigenvalue weighted by molar-refractivity contribution is 5.85. The molecule has 6 nitrogen and oxygen atoms in total. The van der Waals surface area contributed by atoms with Crippen molar-refractivity contribution < 1.29 is 32.6 Å². The summed E-state index contributed by atoms with van der Waals surface area (Å²) in [6, 6.07) is 8.50. The molecule has 0 bridgehead atoms. The lowest BCUT2D eigenvalue weighted by Crippen LogP contribution is -2.62. The van der Waals surface area contributed by atoms with E-state index in [0.29, 0.717) is 6.92 Å². The highest BCUT2D eigenvalue weighted by atomic mass is 19.4. The number of alkyl halides is 3. The van der Waals surface area contributed by atoms with Crippen molar-refractivity contribution in [1.82, 2.24) is 9.80 Å². The molecule has 0 spiro atoms. The first-order valence-corrected chi connectivity index (χ1v) is 8.10. The average molecular weight is 374 g/mol. The van der Waals surface area contributed by atoms with E-state index in [9.17, 15) is 27.9 Å². The number of piperazine rings is 1. The van der Waals surface area contributed by atoms with Crippen molar-refractivity contribution in [1.29, 1.82) is 0 Å². The number of ether oxygens (including phenoxy) is 1. The molecule has 2 amide bonds. The summed E-state index contributed by atoms with van der Waals surface area (Å²) in [6.07, 6.45) is -5.67. The molecule has 1 aromatic carbocycles. The second-order valence-electron chi connectivity index (χ2n) is 6.40. The van der Waals surface area contributed by atoms with Crippen LogP contribution in [0.4, 0.5) is 18.0 Å². The SMILES string of the molecule is C[C@@H]1CN(C(=O)[C@@](C)(O)C(F)(F)F)CCN1C(=O)OCc1ccccc1. The van der Waals surface area contributed by atoms with E-state index in [2.05, 4.69) is 0 Å². The first-order valence-electron chi connectivity index (χ1n) is 8.10. The van der Waals surface area contributed by atoms with E-state index < -0.39 is 29.8 Å². The Morgan fingerprint density at radius 2 is 1.85 bits per heavy atom. The van der Waals surface area contributed by atoms with Gasteiger partial charge in [-0.2, -0.15) is 13.2 Å². The van der Waals surface area contributed by atoms with E-state index in [4.69, 9.17) is 4.74 Å². The molecule has 0 radical (unpaired) electrons. The molecule has 1 aliphatic rings. The Labute approximate surface area is 149 Å². The van der Waals surface area contributed by atoms with Gasteiger partial charge in [0.25, 0.3) is 5.91 Å². The summed E-state index contributed by atoms with van der Waals surface area (Å²) in [5.74, 6) is -1.42. The summed E-state index contributed by atoms with van der Waals surface area (Å²) < 4.78 is 43.7. The first kappa shape index (κ1) is 20.0. The smallest absolute Gasteiger partial charge is 0.426 e. The number of rotatable bonds is 3. The second-order valence-corrected chi connectivity index (χ2v) is 6.40. The molecule has 1 heterocycles. The summed E-state index contributed by atoms with van der Waals surface area (Å²) in [7, 11) is 0. The lowest BCUT2D eigenvalue weighted by molar-refractivity contribution is -0.251. The number of hydrogen-bond donors (Lipinski definition) is 1. The molecule has 1 aliphatic heterocycles. The van der Waals surface area contributed by atoms with Crippen LogP contribution in [0.2, 0.25) is 0 Å². The zero-order valence-corrected chi connectivity index (χ0v) is 14.5. The van der Waals surface area contributed by atoms with Crippen LogP contribution in [0.25, 0.3) is 0 Å². The fourth-order valence-corrected chi connectivity index (χ4v) is 2.64. The predicted molar refractivity (Wildman–Crippen MR) is 86.1 cm³/mol. The van der Waals surface area contributed by atoms with Crippen molar-refractivity contribution in [3.05, 3.63) is 35.9 Å². The molecular formula is C17H21F3N2O4. The van der Waals surface area contributed by atoms with Crippen LogP contribution in [-0.2, 0) is 16.1 Å². The third kappa shape index (κ3) is 4.27. The Hall–Kier alpha value is -2.29. The van der Waals surface area contributed by atoms with E-state index >= 15 is 0 Å². The maximum Gasteiger partial charge on any atom is 0.426 e. The molecule has 2 rings (SSSR count). The van der Waals surface area contributed by atoms with Gasteiger partial charge in [0.15, 0.2) is 0 Å². The van der Waals surface area contributed by atoms with Crippen LogP contribution in [-0.4, -0.2) is 64.4 Å². The summed E-state index contributed by atoms with van der Waals surface area (Å²) in [4.78, 5) is 26.5. The molecule has 0 unspecified atom stereocenters. The van der Waals surface area contributed by atoms with Crippen LogP contribution in [0.3, 0.4) is 0 Å². The van der Waals surface area contributed by atoms with E-state index in [1.54, 1.807) is 19.1 Å². The molecule has 26 heavy (non-hydrogen) atoms. The van der Waals surface area contributed by atoms with Crippen molar-refractivity contribution in [2.45, 2.75) is 38.3 Å². The van der Waals surface area contributed by atoms with Crippen LogP contribution < -0.4 is 0 Å². The standard InChI is InChI=1S/C17H21F3N2O4/c1-12-10-21(14(23)16(2,25)17(18,19)20)8-9-22(12)15(24)26-11-13-6-4-3-5-7-13/h3-7,12,25H,8-11H2,1-2H3/t12-,16-/m1/s1. The van der Waals surface area contributed by atoms with Gasteiger partial charge in [0.05, 0.1) is 0 Å². The van der Waals surface area contributed by atoms with Gasteiger partial charge >= 0.3 is 12.3 Å². The minimum absolute atomic E-state index is 0.0223. The topological polar surface area (TPSA) is 70.1 Å². The zero-order valence-electron chi connectivity index (χ0n) is 14.5. The monoisotopic (exact) mass is 374 g/mol. The van der Waals surface area contributed by atoms with Gasteiger partial charge in [0.1, 0.15) is 6.61 Å². The van der Waals surface area contributed by atoms with E-state index in [1.807, 2.05) is 18.2 Å². The highest BCUT2D eigenvalue weighted by Crippen LogP contribution is 2.32. The number of amides is 2. The molecule has 0 saturated carbocycles. The van der Waals surface area contributed by atoms with Crippen molar-refractivity contribution >= 4 is 12.0 Å². The van der Waals surface area contributed by atoms with Crippen molar-refractivity contribution in [2.24, 2.45) is 0 Å². The van der Waals surface area contributed by atoms with Crippen molar-refractivity contribution in [3.63, 3.8) is 0 Å². The van der Waals surface area contributed by atoms with Gasteiger partial charge in [-0.05, 0) is 19.4 Å². The summed E-state index contributed by atoms with van der Waals surface area (Å²) >= 11 is 0. The van der Waals surface area contributed by atoms with Crippen LogP contribution in [0, 0.1) is 0 Å². The van der Waals surface area contributed by atoms with Crippen LogP contribution in [0.15, 0.2) is 30.3 Å². The zero-order chi connectivity index (χ0) is 19.5. The quantitative estimate of drug-likeness (QED) is 0.880. The maximum atomic E-state index is 12.8. The van der Waals surface area contributed by atoms with Crippen LogP contribution in [0.1, 0.15) is 19.4 Å². The van der Waals surface area contributed by atoms with Crippen LogP contribution >= 0.6 is 0 Å². The lowest BCUT2D eigenvalue weighted by atomic mass is 10.0. The number of halogens is 3. The molecule has 1 aromatic rings. The Kier molecular flexibility index (Phi) is 5.80. The molecule has 0 aliphatic carbocycles. The average Bonchev–Trinajstić information content (AvgIpc) is 2.58. The molecule has 1 N–H and O–H groups in total. The first-order chi connectivity index (χ1) is 12.0. The van der Waals surface area contributed by atoms with Gasteiger partial charge in [-0.25, -0.2) is 4.79 Å². The van der Waals surface area contributed by atoms with E-state index in [1.165, 1.54) is 4.90 Å². The Morgan fingerprint density at radius 3 is 2.38 bits per heavy atom. The number of benzene rings is 1. The van der Waals surface area contributed by atoms with E-state index in [-0.39, 0.29) is 26.2 Å². The molecule has 1 saturated heterocycles. The molecular weight excluding hydrogens is 353 g/mol. The lowest BCUT2D eigenvalue weighted by Gasteiger charge is -2.41. The fourth-order valence-electron chi connectivity index (χ4n) is 2.64. The van der Waals surface area contributed by atoms with Gasteiger partial charge in [0, 0.05) is 25.7 Å². The maximum absolute atomic E-state index is 12.8. The number of nitrogens with zero attached hydrogens (tertiary/aromatic N) is 2. The molecule has 2 atom stereocenters. The Balaban J connectivity index is 1.93. The summed E-state index contributed by atoms with van der Waals surface area (Å²) in [5.41, 5.74) is -2.65. The highest BCUT2D eigenvalue weighted by Gasteiger charge is 2.57. The third-order valence-corrected chi connectivity index (χ3v) is 4.32. The molecule has 9 heteroatoms. The van der Waals surface area contributed by atoms with Gasteiger partial charge < -0.3 is 19.6 Å². The number of hydrogen-bond acceptors (Lipinski definition) is 4. The normalized spacial score (nSPS) is 20.5. The number of aliphatic hydroxyl groups is 1. The molecule has 144 valence electrons. The predicted octanol–water partition coefficient (Wildman–Crippen LogP) is 2.17. The number of carbonyl (C=O) groups excluding carboxylic acids is 2. The van der Waals surface area contributed by atoms with Crippen molar-refractivity contribution in [2.75, 3.05) is 19.6 Å². The van der Waals surface area contributed by atoms with Crippen molar-refractivity contribution in [3.8, 4) is 0 Å². The van der Waals surface area contributed by atoms with Gasteiger partial charge in [-0.3, -0.25) is 4.79 Å². The largest absolute Gasteiger partial charge is 0.445 e. The molecule has 1 fully saturated rings. The minimum atomic E-state index is -5.07. The van der Waals surface area contributed by atoms with Gasteiger partial charge in [0.2, 0.25) is 5.60 Å².